The Hall–Kier alpha value is -1.91. The Morgan fingerprint density at radius 2 is 2.00 bits per heavy atom. The van der Waals surface area contributed by atoms with Gasteiger partial charge in [0.15, 0.2) is 0 Å². The molecule has 0 heterocycles. The summed E-state index contributed by atoms with van der Waals surface area (Å²) >= 11 is 0. The lowest BCUT2D eigenvalue weighted by atomic mass is 10.1. The van der Waals surface area contributed by atoms with E-state index in [0.717, 1.165) is 0 Å². The van der Waals surface area contributed by atoms with Gasteiger partial charge in [0, 0.05) is 6.92 Å². The van der Waals surface area contributed by atoms with Crippen LogP contribution in [0.4, 0.5) is 0 Å². The van der Waals surface area contributed by atoms with Crippen LogP contribution >= 0.6 is 10.0 Å². The summed E-state index contributed by atoms with van der Waals surface area (Å²) in [5, 5.41) is 12.0. The molecule has 0 spiro atoms. The zero-order chi connectivity index (χ0) is 13.8. The zero-order valence-corrected chi connectivity index (χ0v) is 11.7. The first-order valence-electron chi connectivity index (χ1n) is 5.25. The first-order chi connectivity index (χ1) is 8.31. The van der Waals surface area contributed by atoms with Gasteiger partial charge in [0.2, 0.25) is 0 Å². The molecule has 0 saturated heterocycles. The number of hydrogen-bond acceptors (Lipinski definition) is 3. The molecule has 1 aromatic rings. The van der Waals surface area contributed by atoms with Crippen molar-refractivity contribution in [2.75, 3.05) is 18.8 Å². The molecule has 0 atom stereocenters. The number of benzene rings is 1. The molecule has 0 unspecified atom stereocenters. The van der Waals surface area contributed by atoms with E-state index in [9.17, 15) is 4.79 Å². The smallest absolute Gasteiger partial charge is 0.308 e. The molecule has 0 bridgehead atoms. The first kappa shape index (κ1) is 14.2. The van der Waals surface area contributed by atoms with E-state index < -0.39 is 16.0 Å². The molecule has 4 heteroatoms. The monoisotopic (exact) mass is 261 g/mol. The third-order valence-corrected chi connectivity index (χ3v) is 2.57. The fraction of sp³-hybridized carbons (Fsp3) is 0.286. The maximum absolute atomic E-state index is 11.0. The molecule has 1 rings (SSSR count). The summed E-state index contributed by atoms with van der Waals surface area (Å²) in [7, 11) is -0.972. The Morgan fingerprint density at radius 1 is 1.33 bits per heavy atom. The summed E-state index contributed by atoms with van der Waals surface area (Å²) in [4.78, 5) is 11.0. The van der Waals surface area contributed by atoms with Crippen LogP contribution in [0, 0.1) is 22.5 Å². The van der Waals surface area contributed by atoms with Crippen LogP contribution in [0.5, 0.6) is 5.75 Å². The molecule has 0 aliphatic heterocycles. The van der Waals surface area contributed by atoms with Crippen molar-refractivity contribution >= 4 is 16.0 Å². The standard InChI is InChI=1S/C14H15NO2S/c1-11(16)17-14-6-5-12(10-15)9-13(14)7-8-18(2,3)4/h5-6,9H,1-4H3. The number of nitriles is 1. The van der Waals surface area contributed by atoms with E-state index in [4.69, 9.17) is 10.00 Å². The molecule has 0 amide bonds. The third-order valence-electron chi connectivity index (χ3n) is 1.85. The van der Waals surface area contributed by atoms with Crippen molar-refractivity contribution in [1.29, 1.82) is 5.26 Å². The topological polar surface area (TPSA) is 50.1 Å². The second kappa shape index (κ2) is 5.62. The van der Waals surface area contributed by atoms with Gasteiger partial charge >= 0.3 is 5.97 Å². The van der Waals surface area contributed by atoms with E-state index in [1.54, 1.807) is 18.2 Å². The largest absolute Gasteiger partial charge is 0.425 e. The van der Waals surface area contributed by atoms with E-state index >= 15 is 0 Å². The molecule has 1 aromatic carbocycles. The van der Waals surface area contributed by atoms with Crippen LogP contribution in [0.1, 0.15) is 18.1 Å². The number of ether oxygens (including phenoxy) is 1. The number of rotatable bonds is 1. The Kier molecular flexibility index (Phi) is 4.42. The van der Waals surface area contributed by atoms with Gasteiger partial charge in [-0.25, -0.2) is 0 Å². The Labute approximate surface area is 109 Å². The number of carbonyl (C=O) groups is 1. The average molecular weight is 261 g/mol. The van der Waals surface area contributed by atoms with E-state index in [1.165, 1.54) is 6.92 Å². The second-order valence-electron chi connectivity index (χ2n) is 4.48. The van der Waals surface area contributed by atoms with Crippen LogP contribution in [-0.2, 0) is 4.79 Å². The number of nitrogens with zero attached hydrogens (tertiary/aromatic N) is 1. The van der Waals surface area contributed by atoms with Crippen LogP contribution in [0.3, 0.4) is 0 Å². The lowest BCUT2D eigenvalue weighted by Gasteiger charge is -2.15. The van der Waals surface area contributed by atoms with Crippen molar-refractivity contribution in [1.82, 2.24) is 0 Å². The van der Waals surface area contributed by atoms with Crippen molar-refractivity contribution in [2.45, 2.75) is 6.92 Å². The highest BCUT2D eigenvalue weighted by Gasteiger charge is 2.06. The molecule has 0 aliphatic rings. The van der Waals surface area contributed by atoms with E-state index in [-0.39, 0.29) is 0 Å². The second-order valence-corrected chi connectivity index (χ2v) is 8.36. The molecule has 18 heavy (non-hydrogen) atoms. The quantitative estimate of drug-likeness (QED) is 0.443. The Morgan fingerprint density at radius 3 is 2.50 bits per heavy atom. The minimum Gasteiger partial charge on any atom is -0.425 e. The molecule has 0 N–H and O–H groups in total. The molecule has 0 aromatic heterocycles. The lowest BCUT2D eigenvalue weighted by molar-refractivity contribution is -0.131. The predicted molar refractivity (Wildman–Crippen MR) is 74.7 cm³/mol. The van der Waals surface area contributed by atoms with Crippen molar-refractivity contribution in [2.24, 2.45) is 0 Å². The highest BCUT2D eigenvalue weighted by atomic mass is 32.3. The van der Waals surface area contributed by atoms with Gasteiger partial charge in [0.1, 0.15) is 5.75 Å². The van der Waals surface area contributed by atoms with E-state index in [2.05, 4.69) is 29.9 Å². The van der Waals surface area contributed by atoms with Gasteiger partial charge in [0.25, 0.3) is 0 Å². The minimum absolute atomic E-state index is 0.397. The average Bonchev–Trinajstić information content (AvgIpc) is 2.26. The fourth-order valence-corrected chi connectivity index (χ4v) is 1.57. The van der Waals surface area contributed by atoms with Crippen LogP contribution in [0.25, 0.3) is 0 Å². The summed E-state index contributed by atoms with van der Waals surface area (Å²) in [6.07, 6.45) is 6.21. The van der Waals surface area contributed by atoms with E-state index in [0.29, 0.717) is 16.9 Å². The zero-order valence-electron chi connectivity index (χ0n) is 10.9. The van der Waals surface area contributed by atoms with Gasteiger partial charge in [-0.05, 0) is 42.2 Å². The van der Waals surface area contributed by atoms with Gasteiger partial charge in [-0.2, -0.15) is 15.3 Å². The summed E-state index contributed by atoms with van der Waals surface area (Å²) < 4.78 is 5.07. The number of hydrogen-bond donors (Lipinski definition) is 0. The fourth-order valence-electron chi connectivity index (χ4n) is 1.15. The molecular formula is C14H15NO2S. The normalized spacial score (nSPS) is 10.8. The van der Waals surface area contributed by atoms with Crippen molar-refractivity contribution in [3.05, 3.63) is 29.3 Å². The maximum Gasteiger partial charge on any atom is 0.308 e. The SMILES string of the molecule is CC(=O)Oc1ccc(C#N)cc1C#CS(C)(C)C. The molecule has 0 radical (unpaired) electrons. The summed E-state index contributed by atoms with van der Waals surface area (Å²) in [6, 6.07) is 6.88. The summed E-state index contributed by atoms with van der Waals surface area (Å²) in [6.45, 7) is 1.34. The van der Waals surface area contributed by atoms with Gasteiger partial charge in [-0.1, -0.05) is 5.92 Å². The molecule has 94 valence electrons. The Bertz CT molecular complexity index is 568. The molecular weight excluding hydrogens is 246 g/mol. The first-order valence-corrected chi connectivity index (χ1v) is 8.11. The lowest BCUT2D eigenvalue weighted by Crippen LogP contribution is -2.03. The predicted octanol–water partition coefficient (Wildman–Crippen LogP) is 2.49. The van der Waals surface area contributed by atoms with Crippen molar-refractivity contribution in [3.8, 4) is 23.0 Å². The number of carbonyl (C=O) groups excluding carboxylic acids is 1. The van der Waals surface area contributed by atoms with Crippen molar-refractivity contribution in [3.63, 3.8) is 0 Å². The van der Waals surface area contributed by atoms with Gasteiger partial charge in [-0.15, -0.1) is 0 Å². The minimum atomic E-state index is -0.972. The molecule has 0 aliphatic carbocycles. The molecule has 3 nitrogen and oxygen atoms in total. The van der Waals surface area contributed by atoms with Crippen LogP contribution in [-0.4, -0.2) is 24.7 Å². The summed E-state index contributed by atoms with van der Waals surface area (Å²) in [5.41, 5.74) is 1.07. The van der Waals surface area contributed by atoms with Gasteiger partial charge in [-0.3, -0.25) is 4.79 Å². The van der Waals surface area contributed by atoms with Crippen molar-refractivity contribution < 1.29 is 9.53 Å². The van der Waals surface area contributed by atoms with Gasteiger partial charge < -0.3 is 4.74 Å². The maximum atomic E-state index is 11.0. The van der Waals surface area contributed by atoms with E-state index in [1.807, 2.05) is 6.07 Å². The highest BCUT2D eigenvalue weighted by molar-refractivity contribution is 8.35. The molecule has 0 fully saturated rings. The summed E-state index contributed by atoms with van der Waals surface area (Å²) in [5.74, 6) is 3.00. The Balaban J connectivity index is 3.23. The number of esters is 1. The highest BCUT2D eigenvalue weighted by Crippen LogP contribution is 2.33. The van der Waals surface area contributed by atoms with Crippen LogP contribution in [0.15, 0.2) is 18.2 Å². The third kappa shape index (κ3) is 4.53. The van der Waals surface area contributed by atoms with Gasteiger partial charge in [0.05, 0.1) is 17.2 Å². The van der Waals surface area contributed by atoms with Crippen LogP contribution < -0.4 is 4.74 Å². The van der Waals surface area contributed by atoms with Crippen LogP contribution in [0.2, 0.25) is 0 Å². The molecule has 0 saturated carbocycles.